The number of hydrogen-bond donors (Lipinski definition) is 0. The predicted molar refractivity (Wildman–Crippen MR) is 30.5 cm³/mol. The zero-order chi connectivity index (χ0) is 6.62. The van der Waals surface area contributed by atoms with Crippen LogP contribution in [-0.2, 0) is 9.59 Å². The lowest BCUT2D eigenvalue weighted by molar-refractivity contribution is -0.119. The van der Waals surface area contributed by atoms with E-state index in [4.69, 9.17) is 0 Å². The average molecular weight is 114 g/mol. The quantitative estimate of drug-likeness (QED) is 0.508. The first kappa shape index (κ1) is 7.34. The predicted octanol–water partition coefficient (Wildman–Crippen LogP) is 0.800. The zero-order valence-electron chi connectivity index (χ0n) is 5.18. The fraction of sp³-hybridized carbons (Fsp3) is 0.667. The third-order valence-corrected chi connectivity index (χ3v) is 0.928. The van der Waals surface area contributed by atoms with Crippen LogP contribution in [0.2, 0.25) is 0 Å². The highest BCUT2D eigenvalue weighted by Crippen LogP contribution is 2.13. The van der Waals surface area contributed by atoms with Crippen LogP contribution in [0, 0.1) is 5.41 Å². The monoisotopic (exact) mass is 114 g/mol. The van der Waals surface area contributed by atoms with E-state index in [1.165, 1.54) is 0 Å². The summed E-state index contributed by atoms with van der Waals surface area (Å²) < 4.78 is 0. The van der Waals surface area contributed by atoms with Gasteiger partial charge >= 0.3 is 0 Å². The molecule has 0 unspecified atom stereocenters. The summed E-state index contributed by atoms with van der Waals surface area (Å²) in [7, 11) is 0. The lowest BCUT2D eigenvalue weighted by Gasteiger charge is -2.09. The first-order valence-electron chi connectivity index (χ1n) is 2.52. The van der Waals surface area contributed by atoms with Crippen molar-refractivity contribution in [2.75, 3.05) is 0 Å². The van der Waals surface area contributed by atoms with Gasteiger partial charge in [0.15, 0.2) is 0 Å². The Morgan fingerprint density at radius 2 is 1.88 bits per heavy atom. The first-order valence-corrected chi connectivity index (χ1v) is 2.52. The smallest absolute Gasteiger partial charge is 0.126 e. The molecule has 0 amide bonds. The van der Waals surface area contributed by atoms with Gasteiger partial charge in [0, 0.05) is 11.8 Å². The van der Waals surface area contributed by atoms with Crippen LogP contribution in [0.5, 0.6) is 0 Å². The van der Waals surface area contributed by atoms with Crippen molar-refractivity contribution in [2.45, 2.75) is 20.3 Å². The minimum absolute atomic E-state index is 0.316. The number of carbonyl (C=O) groups excluding carboxylic acids is 2. The van der Waals surface area contributed by atoms with Gasteiger partial charge in [0.2, 0.25) is 0 Å². The minimum Gasteiger partial charge on any atom is -0.303 e. The zero-order valence-corrected chi connectivity index (χ0v) is 5.18. The molecule has 2 heteroatoms. The molecule has 8 heavy (non-hydrogen) atoms. The molecule has 0 aromatic heterocycles. The summed E-state index contributed by atoms with van der Waals surface area (Å²) in [4.78, 5) is 19.9. The molecule has 46 valence electrons. The summed E-state index contributed by atoms with van der Waals surface area (Å²) >= 11 is 0. The van der Waals surface area contributed by atoms with E-state index in [0.717, 1.165) is 12.6 Å². The van der Waals surface area contributed by atoms with Gasteiger partial charge in [0.25, 0.3) is 0 Å². The SMILES string of the molecule is CC(C)(C=O)CC=O. The van der Waals surface area contributed by atoms with Gasteiger partial charge < -0.3 is 9.59 Å². The Kier molecular flexibility index (Phi) is 2.38. The van der Waals surface area contributed by atoms with Gasteiger partial charge in [0.05, 0.1) is 0 Å². The van der Waals surface area contributed by atoms with Crippen LogP contribution in [0.1, 0.15) is 20.3 Å². The van der Waals surface area contributed by atoms with Crippen LogP contribution < -0.4 is 0 Å². The lowest BCUT2D eigenvalue weighted by atomic mass is 9.93. The van der Waals surface area contributed by atoms with Crippen molar-refractivity contribution in [3.8, 4) is 0 Å². The maximum atomic E-state index is 10.1. The van der Waals surface area contributed by atoms with Crippen molar-refractivity contribution < 1.29 is 9.59 Å². The van der Waals surface area contributed by atoms with Gasteiger partial charge in [0.1, 0.15) is 12.6 Å². The lowest BCUT2D eigenvalue weighted by Crippen LogP contribution is -2.12. The Balaban J connectivity index is 3.70. The molecule has 0 N–H and O–H groups in total. The van der Waals surface area contributed by atoms with Crippen LogP contribution in [0.15, 0.2) is 0 Å². The van der Waals surface area contributed by atoms with E-state index in [2.05, 4.69) is 0 Å². The van der Waals surface area contributed by atoms with E-state index < -0.39 is 5.41 Å². The Hall–Kier alpha value is -0.660. The van der Waals surface area contributed by atoms with Gasteiger partial charge in [-0.2, -0.15) is 0 Å². The maximum Gasteiger partial charge on any atom is 0.126 e. The average Bonchev–Trinajstić information content (AvgIpc) is 1.67. The highest BCUT2D eigenvalue weighted by molar-refractivity contribution is 5.65. The molecular formula is C6H10O2. The van der Waals surface area contributed by atoms with Gasteiger partial charge in [-0.3, -0.25) is 0 Å². The third kappa shape index (κ3) is 2.50. The van der Waals surface area contributed by atoms with E-state index in [0.29, 0.717) is 6.42 Å². The molecular weight excluding hydrogens is 104 g/mol. The molecule has 0 radical (unpaired) electrons. The summed E-state index contributed by atoms with van der Waals surface area (Å²) in [6.45, 7) is 3.46. The largest absolute Gasteiger partial charge is 0.303 e. The van der Waals surface area contributed by atoms with Gasteiger partial charge in [-0.15, -0.1) is 0 Å². The Morgan fingerprint density at radius 3 is 2.00 bits per heavy atom. The normalized spacial score (nSPS) is 10.8. The van der Waals surface area contributed by atoms with Crippen LogP contribution >= 0.6 is 0 Å². The Labute approximate surface area is 48.9 Å². The molecule has 0 aromatic carbocycles. The molecule has 0 aliphatic rings. The maximum absolute atomic E-state index is 10.1. The van der Waals surface area contributed by atoms with Crippen LogP contribution in [-0.4, -0.2) is 12.6 Å². The molecule has 0 atom stereocenters. The molecule has 0 spiro atoms. The third-order valence-electron chi connectivity index (χ3n) is 0.928. The van der Waals surface area contributed by atoms with E-state index in [-0.39, 0.29) is 0 Å². The molecule has 2 nitrogen and oxygen atoms in total. The van der Waals surface area contributed by atoms with Crippen molar-refractivity contribution >= 4 is 12.6 Å². The molecule has 0 fully saturated rings. The highest BCUT2D eigenvalue weighted by atomic mass is 16.1. The summed E-state index contributed by atoms with van der Waals surface area (Å²) in [6, 6.07) is 0. The minimum atomic E-state index is -0.457. The molecule has 0 aliphatic carbocycles. The van der Waals surface area contributed by atoms with Gasteiger partial charge in [-0.1, -0.05) is 13.8 Å². The van der Waals surface area contributed by atoms with Crippen molar-refractivity contribution in [1.29, 1.82) is 0 Å². The second-order valence-corrected chi connectivity index (χ2v) is 2.48. The summed E-state index contributed by atoms with van der Waals surface area (Å²) in [6.07, 6.45) is 1.87. The van der Waals surface area contributed by atoms with E-state index >= 15 is 0 Å². The van der Waals surface area contributed by atoms with Crippen LogP contribution in [0.3, 0.4) is 0 Å². The van der Waals surface area contributed by atoms with Crippen molar-refractivity contribution in [3.05, 3.63) is 0 Å². The fourth-order valence-electron chi connectivity index (χ4n) is 0.263. The van der Waals surface area contributed by atoms with Crippen LogP contribution in [0.25, 0.3) is 0 Å². The Morgan fingerprint density at radius 1 is 1.38 bits per heavy atom. The summed E-state index contributed by atoms with van der Waals surface area (Å²) in [5.41, 5.74) is -0.457. The second kappa shape index (κ2) is 2.60. The topological polar surface area (TPSA) is 34.1 Å². The fourth-order valence-corrected chi connectivity index (χ4v) is 0.263. The molecule has 0 bridgehead atoms. The van der Waals surface area contributed by atoms with Gasteiger partial charge in [-0.25, -0.2) is 0 Å². The molecule has 0 saturated carbocycles. The van der Waals surface area contributed by atoms with E-state index in [9.17, 15) is 9.59 Å². The standard InChI is InChI=1S/C6H10O2/c1-6(2,5-8)3-4-7/h4-5H,3H2,1-2H3. The molecule has 0 heterocycles. The number of carbonyl (C=O) groups is 2. The first-order chi connectivity index (χ1) is 3.62. The van der Waals surface area contributed by atoms with Crippen molar-refractivity contribution in [3.63, 3.8) is 0 Å². The molecule has 0 aromatic rings. The van der Waals surface area contributed by atoms with Crippen molar-refractivity contribution in [2.24, 2.45) is 5.41 Å². The van der Waals surface area contributed by atoms with E-state index in [1.54, 1.807) is 13.8 Å². The van der Waals surface area contributed by atoms with Gasteiger partial charge in [-0.05, 0) is 0 Å². The second-order valence-electron chi connectivity index (χ2n) is 2.48. The highest BCUT2D eigenvalue weighted by Gasteiger charge is 2.14. The molecule has 0 aliphatic heterocycles. The van der Waals surface area contributed by atoms with Crippen molar-refractivity contribution in [1.82, 2.24) is 0 Å². The molecule has 0 saturated heterocycles. The molecule has 0 rings (SSSR count). The number of rotatable bonds is 3. The number of hydrogen-bond acceptors (Lipinski definition) is 2. The van der Waals surface area contributed by atoms with Crippen LogP contribution in [0.4, 0.5) is 0 Å². The summed E-state index contributed by atoms with van der Waals surface area (Å²) in [5.74, 6) is 0. The van der Waals surface area contributed by atoms with E-state index in [1.807, 2.05) is 0 Å². The number of aldehydes is 2. The Bertz CT molecular complexity index is 94.7. The summed E-state index contributed by atoms with van der Waals surface area (Å²) in [5, 5.41) is 0.